The van der Waals surface area contributed by atoms with Crippen molar-refractivity contribution in [2.45, 2.75) is 45.1 Å². The second-order valence-corrected chi connectivity index (χ2v) is 8.29. The third-order valence-electron chi connectivity index (χ3n) is 4.86. The Morgan fingerprint density at radius 2 is 1.61 bits per heavy atom. The van der Waals surface area contributed by atoms with Gasteiger partial charge in [0.05, 0.1) is 19.6 Å². The highest BCUT2D eigenvalue weighted by molar-refractivity contribution is 5.94. The van der Waals surface area contributed by atoms with Gasteiger partial charge in [-0.15, -0.1) is 0 Å². The van der Waals surface area contributed by atoms with Crippen molar-refractivity contribution in [3.8, 4) is 0 Å². The van der Waals surface area contributed by atoms with Crippen molar-refractivity contribution in [2.24, 2.45) is 0 Å². The van der Waals surface area contributed by atoms with Crippen molar-refractivity contribution >= 4 is 17.8 Å². The Kier molecular flexibility index (Phi) is 8.30. The third kappa shape index (κ3) is 7.51. The molecular weight excluding hydrogens is 399 g/mol. The number of amides is 2. The van der Waals surface area contributed by atoms with E-state index in [2.05, 4.69) is 36.1 Å². The van der Waals surface area contributed by atoms with E-state index in [4.69, 9.17) is 0 Å². The van der Waals surface area contributed by atoms with Crippen molar-refractivity contribution in [1.29, 1.82) is 0 Å². The van der Waals surface area contributed by atoms with E-state index in [1.807, 2.05) is 12.1 Å². The Balaban J connectivity index is 1.90. The van der Waals surface area contributed by atoms with E-state index < -0.39 is 17.8 Å². The molecule has 0 saturated heterocycles. The van der Waals surface area contributed by atoms with Gasteiger partial charge in [-0.1, -0.05) is 45.0 Å². The molecule has 0 radical (unpaired) electrons. The monoisotopic (exact) mass is 428 g/mol. The predicted molar refractivity (Wildman–Crippen MR) is 116 cm³/mol. The maximum Gasteiger partial charge on any atom is 0.307 e. The van der Waals surface area contributed by atoms with Crippen LogP contribution in [0.15, 0.2) is 48.5 Å². The Morgan fingerprint density at radius 3 is 2.16 bits per heavy atom. The number of rotatable bonds is 8. The second-order valence-electron chi connectivity index (χ2n) is 8.29. The standard InChI is InChI=1S/C24H29FN2O4/c1-24(2,3)18-9-5-17(6-10-18)23(30)26-14-13-21(28)27-20(15-22(29)31-4)16-7-11-19(25)12-8-16/h5-12,20H,13-15H2,1-4H3,(H,26,30)(H,27,28). The predicted octanol–water partition coefficient (Wildman–Crippen LogP) is 3.66. The summed E-state index contributed by atoms with van der Waals surface area (Å²) >= 11 is 0. The fraction of sp³-hybridized carbons (Fsp3) is 0.375. The molecule has 0 aliphatic rings. The summed E-state index contributed by atoms with van der Waals surface area (Å²) in [5, 5.41) is 5.46. The highest BCUT2D eigenvalue weighted by Gasteiger charge is 2.19. The van der Waals surface area contributed by atoms with Gasteiger partial charge in [0.1, 0.15) is 5.82 Å². The maximum absolute atomic E-state index is 13.2. The van der Waals surface area contributed by atoms with Crippen LogP contribution in [0.1, 0.15) is 61.1 Å². The molecule has 2 amide bonds. The highest BCUT2D eigenvalue weighted by Crippen LogP contribution is 2.22. The summed E-state index contributed by atoms with van der Waals surface area (Å²) in [6.45, 7) is 6.43. The fourth-order valence-corrected chi connectivity index (χ4v) is 2.98. The van der Waals surface area contributed by atoms with Crippen LogP contribution in [-0.4, -0.2) is 31.4 Å². The number of hydrogen-bond donors (Lipinski definition) is 2. The summed E-state index contributed by atoms with van der Waals surface area (Å²) in [6, 6.07) is 12.2. The third-order valence-corrected chi connectivity index (χ3v) is 4.86. The first-order chi connectivity index (χ1) is 14.6. The number of carbonyl (C=O) groups is 3. The first-order valence-corrected chi connectivity index (χ1v) is 10.1. The number of nitrogens with one attached hydrogen (secondary N) is 2. The molecule has 2 N–H and O–H groups in total. The summed E-state index contributed by atoms with van der Waals surface area (Å²) < 4.78 is 17.9. The van der Waals surface area contributed by atoms with Crippen LogP contribution in [-0.2, 0) is 19.7 Å². The summed E-state index contributed by atoms with van der Waals surface area (Å²) in [6.07, 6.45) is -0.0506. The summed E-state index contributed by atoms with van der Waals surface area (Å²) in [5.41, 5.74) is 2.23. The van der Waals surface area contributed by atoms with Gasteiger partial charge >= 0.3 is 5.97 Å². The molecule has 0 heterocycles. The number of methoxy groups -OCH3 is 1. The van der Waals surface area contributed by atoms with Gasteiger partial charge in [-0.25, -0.2) is 4.39 Å². The number of benzene rings is 2. The number of ether oxygens (including phenoxy) is 1. The van der Waals surface area contributed by atoms with Gasteiger partial charge < -0.3 is 15.4 Å². The van der Waals surface area contributed by atoms with Gasteiger partial charge in [0.2, 0.25) is 5.91 Å². The molecular formula is C24H29FN2O4. The van der Waals surface area contributed by atoms with E-state index in [-0.39, 0.29) is 36.6 Å². The quantitative estimate of drug-likeness (QED) is 0.629. The van der Waals surface area contributed by atoms with E-state index in [9.17, 15) is 18.8 Å². The average Bonchev–Trinajstić information content (AvgIpc) is 2.73. The van der Waals surface area contributed by atoms with Crippen LogP contribution in [0, 0.1) is 5.82 Å². The first-order valence-electron chi connectivity index (χ1n) is 10.1. The number of halogens is 1. The van der Waals surface area contributed by atoms with Crippen LogP contribution in [0.5, 0.6) is 0 Å². The molecule has 7 heteroatoms. The minimum absolute atomic E-state index is 0.00163. The van der Waals surface area contributed by atoms with E-state index >= 15 is 0 Å². The van der Waals surface area contributed by atoms with Crippen LogP contribution in [0.3, 0.4) is 0 Å². The van der Waals surface area contributed by atoms with E-state index in [1.54, 1.807) is 12.1 Å². The zero-order valence-electron chi connectivity index (χ0n) is 18.3. The normalized spacial score (nSPS) is 12.0. The lowest BCUT2D eigenvalue weighted by Crippen LogP contribution is -2.34. The van der Waals surface area contributed by atoms with Crippen molar-refractivity contribution in [2.75, 3.05) is 13.7 Å². The number of carbonyl (C=O) groups excluding carboxylic acids is 3. The van der Waals surface area contributed by atoms with Crippen molar-refractivity contribution in [1.82, 2.24) is 10.6 Å². The Hall–Kier alpha value is -3.22. The molecule has 31 heavy (non-hydrogen) atoms. The molecule has 2 rings (SSSR count). The molecule has 2 aromatic carbocycles. The summed E-state index contributed by atoms with van der Waals surface area (Å²) in [7, 11) is 1.26. The zero-order chi connectivity index (χ0) is 23.0. The second kappa shape index (κ2) is 10.7. The van der Waals surface area contributed by atoms with Gasteiger partial charge in [-0.05, 0) is 40.8 Å². The van der Waals surface area contributed by atoms with Gasteiger partial charge in [0.15, 0.2) is 0 Å². The van der Waals surface area contributed by atoms with Crippen LogP contribution in [0.25, 0.3) is 0 Å². The maximum atomic E-state index is 13.2. The van der Waals surface area contributed by atoms with Crippen molar-refractivity contribution in [3.63, 3.8) is 0 Å². The summed E-state index contributed by atoms with van der Waals surface area (Å²) in [5.74, 6) is -1.52. The molecule has 0 spiro atoms. The SMILES string of the molecule is COC(=O)CC(NC(=O)CCNC(=O)c1ccc(C(C)(C)C)cc1)c1ccc(F)cc1. The van der Waals surface area contributed by atoms with Gasteiger partial charge in [-0.3, -0.25) is 14.4 Å². The lowest BCUT2D eigenvalue weighted by molar-refractivity contribution is -0.141. The molecule has 0 saturated carbocycles. The molecule has 2 aromatic rings. The van der Waals surface area contributed by atoms with E-state index in [1.165, 1.54) is 31.4 Å². The molecule has 0 bridgehead atoms. The topological polar surface area (TPSA) is 84.5 Å². The molecule has 6 nitrogen and oxygen atoms in total. The van der Waals surface area contributed by atoms with Gasteiger partial charge in [-0.2, -0.15) is 0 Å². The Bertz CT molecular complexity index is 903. The van der Waals surface area contributed by atoms with E-state index in [0.29, 0.717) is 11.1 Å². The molecule has 1 unspecified atom stereocenters. The van der Waals surface area contributed by atoms with Crippen LogP contribution in [0.4, 0.5) is 4.39 Å². The lowest BCUT2D eigenvalue weighted by Gasteiger charge is -2.19. The van der Waals surface area contributed by atoms with Gasteiger partial charge in [0, 0.05) is 18.5 Å². The largest absolute Gasteiger partial charge is 0.469 e. The summed E-state index contributed by atoms with van der Waals surface area (Å²) in [4.78, 5) is 36.3. The van der Waals surface area contributed by atoms with Gasteiger partial charge in [0.25, 0.3) is 5.91 Å². The molecule has 0 aliphatic carbocycles. The van der Waals surface area contributed by atoms with Crippen LogP contribution >= 0.6 is 0 Å². The fourth-order valence-electron chi connectivity index (χ4n) is 2.98. The molecule has 166 valence electrons. The molecule has 0 aliphatic heterocycles. The number of esters is 1. The Labute approximate surface area is 182 Å². The molecule has 1 atom stereocenters. The lowest BCUT2D eigenvalue weighted by atomic mass is 9.87. The molecule has 0 fully saturated rings. The first kappa shape index (κ1) is 24.1. The van der Waals surface area contributed by atoms with Crippen LogP contribution in [0.2, 0.25) is 0 Å². The number of hydrogen-bond acceptors (Lipinski definition) is 4. The van der Waals surface area contributed by atoms with Crippen molar-refractivity contribution in [3.05, 3.63) is 71.0 Å². The smallest absolute Gasteiger partial charge is 0.307 e. The highest BCUT2D eigenvalue weighted by atomic mass is 19.1. The zero-order valence-corrected chi connectivity index (χ0v) is 18.3. The minimum Gasteiger partial charge on any atom is -0.469 e. The van der Waals surface area contributed by atoms with E-state index in [0.717, 1.165) is 5.56 Å². The minimum atomic E-state index is -0.652. The Morgan fingerprint density at radius 1 is 1.00 bits per heavy atom. The average molecular weight is 429 g/mol. The van der Waals surface area contributed by atoms with Crippen molar-refractivity contribution < 1.29 is 23.5 Å². The van der Waals surface area contributed by atoms with Crippen LogP contribution < -0.4 is 10.6 Å². The molecule has 0 aromatic heterocycles.